The van der Waals surface area contributed by atoms with E-state index in [0.717, 1.165) is 22.4 Å². The van der Waals surface area contributed by atoms with Gasteiger partial charge in [-0.1, -0.05) is 60.2 Å². The van der Waals surface area contributed by atoms with Crippen molar-refractivity contribution in [3.63, 3.8) is 0 Å². The van der Waals surface area contributed by atoms with Gasteiger partial charge in [0.25, 0.3) is 0 Å². The van der Waals surface area contributed by atoms with E-state index in [1.54, 1.807) is 6.21 Å². The molecule has 3 rings (SSSR count). The highest BCUT2D eigenvalue weighted by atomic mass is 16.5. The van der Waals surface area contributed by atoms with Crippen molar-refractivity contribution >= 4 is 12.1 Å². The third kappa shape index (κ3) is 6.12. The maximum Gasteiger partial charge on any atom is 0.244 e. The monoisotopic (exact) mass is 358 g/mol. The molecule has 0 radical (unpaired) electrons. The molecular formula is C23H22N2O2. The minimum absolute atomic E-state index is 0.143. The van der Waals surface area contributed by atoms with Crippen LogP contribution in [0, 0.1) is 6.92 Å². The van der Waals surface area contributed by atoms with Gasteiger partial charge >= 0.3 is 0 Å². The summed E-state index contributed by atoms with van der Waals surface area (Å²) in [6.07, 6.45) is 1.93. The third-order valence-corrected chi connectivity index (χ3v) is 4.02. The molecule has 3 aromatic carbocycles. The standard InChI is InChI=1S/C23H22N2O2/c1-18-7-9-21(10-8-18)17-27-22-13-11-20(12-14-22)16-24-25-23(26)15-19-5-3-2-4-6-19/h2-14,16H,15,17H2,1H3,(H,25,26)/b24-16+. The van der Waals surface area contributed by atoms with Crippen molar-refractivity contribution in [1.82, 2.24) is 5.43 Å². The molecule has 3 aromatic rings. The molecule has 1 amide bonds. The summed E-state index contributed by atoms with van der Waals surface area (Å²) < 4.78 is 5.78. The predicted molar refractivity (Wildman–Crippen MR) is 108 cm³/mol. The van der Waals surface area contributed by atoms with Gasteiger partial charge in [-0.15, -0.1) is 0 Å². The number of ether oxygens (including phenoxy) is 1. The topological polar surface area (TPSA) is 50.7 Å². The maximum absolute atomic E-state index is 11.9. The summed E-state index contributed by atoms with van der Waals surface area (Å²) in [6.45, 7) is 2.60. The Hall–Kier alpha value is -3.40. The van der Waals surface area contributed by atoms with Crippen molar-refractivity contribution < 1.29 is 9.53 Å². The van der Waals surface area contributed by atoms with E-state index in [9.17, 15) is 4.79 Å². The molecule has 0 saturated carbocycles. The Kier molecular flexibility index (Phi) is 6.36. The molecule has 0 fully saturated rings. The molecule has 4 nitrogen and oxygen atoms in total. The Morgan fingerprint density at radius 1 is 0.926 bits per heavy atom. The van der Waals surface area contributed by atoms with E-state index < -0.39 is 0 Å². The van der Waals surface area contributed by atoms with Crippen LogP contribution in [0.15, 0.2) is 84.0 Å². The quantitative estimate of drug-likeness (QED) is 0.507. The van der Waals surface area contributed by atoms with Gasteiger partial charge in [-0.05, 0) is 47.9 Å². The minimum Gasteiger partial charge on any atom is -0.489 e. The SMILES string of the molecule is Cc1ccc(COc2ccc(/C=N/NC(=O)Cc3ccccc3)cc2)cc1. The smallest absolute Gasteiger partial charge is 0.244 e. The number of carbonyl (C=O) groups is 1. The third-order valence-electron chi connectivity index (χ3n) is 4.02. The van der Waals surface area contributed by atoms with Crippen LogP contribution in [0.1, 0.15) is 22.3 Å². The highest BCUT2D eigenvalue weighted by molar-refractivity contribution is 5.83. The molecular weight excluding hydrogens is 336 g/mol. The summed E-state index contributed by atoms with van der Waals surface area (Å²) in [5.74, 6) is 0.649. The van der Waals surface area contributed by atoms with Crippen LogP contribution in [0.4, 0.5) is 0 Å². The van der Waals surface area contributed by atoms with Gasteiger partial charge in [-0.25, -0.2) is 5.43 Å². The first-order valence-corrected chi connectivity index (χ1v) is 8.83. The van der Waals surface area contributed by atoms with Crippen LogP contribution in [0.25, 0.3) is 0 Å². The fraction of sp³-hybridized carbons (Fsp3) is 0.130. The van der Waals surface area contributed by atoms with Crippen molar-refractivity contribution in [2.45, 2.75) is 20.0 Å². The number of nitrogens with one attached hydrogen (secondary N) is 1. The second-order valence-electron chi connectivity index (χ2n) is 6.30. The molecule has 0 unspecified atom stereocenters. The Bertz CT molecular complexity index is 886. The normalized spacial score (nSPS) is 10.7. The molecule has 1 N–H and O–H groups in total. The molecule has 0 heterocycles. The van der Waals surface area contributed by atoms with E-state index in [4.69, 9.17) is 4.74 Å². The molecule has 0 aliphatic heterocycles. The first-order chi connectivity index (χ1) is 13.2. The second-order valence-corrected chi connectivity index (χ2v) is 6.30. The van der Waals surface area contributed by atoms with Gasteiger partial charge in [0.15, 0.2) is 0 Å². The molecule has 4 heteroatoms. The van der Waals surface area contributed by atoms with Crippen LogP contribution < -0.4 is 10.2 Å². The predicted octanol–water partition coefficient (Wildman–Crippen LogP) is 4.27. The molecule has 0 aliphatic carbocycles. The van der Waals surface area contributed by atoms with Crippen LogP contribution >= 0.6 is 0 Å². The Morgan fingerprint density at radius 3 is 2.33 bits per heavy atom. The van der Waals surface area contributed by atoms with Crippen LogP contribution in [0.5, 0.6) is 5.75 Å². The van der Waals surface area contributed by atoms with Crippen LogP contribution in [-0.4, -0.2) is 12.1 Å². The zero-order chi connectivity index (χ0) is 18.9. The van der Waals surface area contributed by atoms with E-state index in [1.165, 1.54) is 5.56 Å². The van der Waals surface area contributed by atoms with Gasteiger partial charge in [-0.3, -0.25) is 4.79 Å². The number of nitrogens with zero attached hydrogens (tertiary/aromatic N) is 1. The number of rotatable bonds is 7. The van der Waals surface area contributed by atoms with Crippen LogP contribution in [0.2, 0.25) is 0 Å². The van der Waals surface area contributed by atoms with E-state index in [1.807, 2.05) is 54.6 Å². The second kappa shape index (κ2) is 9.34. The summed E-state index contributed by atoms with van der Waals surface area (Å²) in [7, 11) is 0. The zero-order valence-electron chi connectivity index (χ0n) is 15.3. The highest BCUT2D eigenvalue weighted by Gasteiger charge is 2.01. The molecule has 0 bridgehead atoms. The summed E-state index contributed by atoms with van der Waals surface area (Å²) in [4.78, 5) is 11.9. The molecule has 0 saturated heterocycles. The molecule has 0 aromatic heterocycles. The average Bonchev–Trinajstić information content (AvgIpc) is 2.69. The van der Waals surface area contributed by atoms with Crippen LogP contribution in [0.3, 0.4) is 0 Å². The fourth-order valence-electron chi connectivity index (χ4n) is 2.50. The van der Waals surface area contributed by atoms with E-state index in [0.29, 0.717) is 13.0 Å². The summed E-state index contributed by atoms with van der Waals surface area (Å²) in [6, 6.07) is 25.4. The maximum atomic E-state index is 11.9. The summed E-state index contributed by atoms with van der Waals surface area (Å²) >= 11 is 0. The molecule has 0 atom stereocenters. The lowest BCUT2D eigenvalue weighted by molar-refractivity contribution is -0.120. The Balaban J connectivity index is 1.46. The van der Waals surface area contributed by atoms with Gasteiger partial charge < -0.3 is 4.74 Å². The number of benzene rings is 3. The van der Waals surface area contributed by atoms with E-state index in [-0.39, 0.29) is 5.91 Å². The first-order valence-electron chi connectivity index (χ1n) is 8.83. The van der Waals surface area contributed by atoms with Crippen molar-refractivity contribution in [1.29, 1.82) is 0 Å². The Morgan fingerprint density at radius 2 is 1.63 bits per heavy atom. The van der Waals surface area contributed by atoms with E-state index in [2.05, 4.69) is 41.7 Å². The number of carbonyl (C=O) groups excluding carboxylic acids is 1. The highest BCUT2D eigenvalue weighted by Crippen LogP contribution is 2.14. The molecule has 0 aliphatic rings. The molecule has 0 spiro atoms. The number of hydrogen-bond donors (Lipinski definition) is 1. The largest absolute Gasteiger partial charge is 0.489 e. The lowest BCUT2D eigenvalue weighted by Crippen LogP contribution is -2.19. The number of amides is 1. The number of aryl methyl sites for hydroxylation is 1. The van der Waals surface area contributed by atoms with E-state index >= 15 is 0 Å². The van der Waals surface area contributed by atoms with Gasteiger partial charge in [0.2, 0.25) is 5.91 Å². The summed E-state index contributed by atoms with van der Waals surface area (Å²) in [5.41, 5.74) is 6.76. The van der Waals surface area contributed by atoms with Crippen molar-refractivity contribution in [3.8, 4) is 5.75 Å². The first kappa shape index (κ1) is 18.4. The minimum atomic E-state index is -0.143. The lowest BCUT2D eigenvalue weighted by Gasteiger charge is -2.07. The molecule has 136 valence electrons. The van der Waals surface area contributed by atoms with Crippen molar-refractivity contribution in [2.24, 2.45) is 5.10 Å². The van der Waals surface area contributed by atoms with Gasteiger partial charge in [0.05, 0.1) is 12.6 Å². The number of hydrogen-bond acceptors (Lipinski definition) is 3. The van der Waals surface area contributed by atoms with Crippen molar-refractivity contribution in [3.05, 3.63) is 101 Å². The summed E-state index contributed by atoms with van der Waals surface area (Å²) in [5, 5.41) is 4.00. The Labute approximate surface area is 159 Å². The lowest BCUT2D eigenvalue weighted by atomic mass is 10.1. The van der Waals surface area contributed by atoms with Gasteiger partial charge in [-0.2, -0.15) is 5.10 Å². The zero-order valence-corrected chi connectivity index (χ0v) is 15.3. The number of hydrazone groups is 1. The van der Waals surface area contributed by atoms with Gasteiger partial charge in [0, 0.05) is 0 Å². The van der Waals surface area contributed by atoms with Crippen molar-refractivity contribution in [2.75, 3.05) is 0 Å². The van der Waals surface area contributed by atoms with Crippen LogP contribution in [-0.2, 0) is 17.8 Å². The molecule has 27 heavy (non-hydrogen) atoms. The fourth-order valence-corrected chi connectivity index (χ4v) is 2.50. The average molecular weight is 358 g/mol. The van der Waals surface area contributed by atoms with Gasteiger partial charge in [0.1, 0.15) is 12.4 Å².